The van der Waals surface area contributed by atoms with Gasteiger partial charge in [-0.15, -0.1) is 11.8 Å². The maximum atomic E-state index is 12.4. The van der Waals surface area contributed by atoms with E-state index in [1.165, 1.54) is 0 Å². The fourth-order valence-corrected chi connectivity index (χ4v) is 4.24. The Balaban J connectivity index is 1.88. The number of fused-ring (bicyclic) bond motifs is 1. The van der Waals surface area contributed by atoms with Gasteiger partial charge in [-0.2, -0.15) is 18.4 Å². The van der Waals surface area contributed by atoms with Gasteiger partial charge in [0.15, 0.2) is 0 Å². The van der Waals surface area contributed by atoms with Gasteiger partial charge >= 0.3 is 0 Å². The summed E-state index contributed by atoms with van der Waals surface area (Å²) in [5.41, 5.74) is 2.83. The average molecular weight is 346 g/mol. The molecule has 0 bridgehead atoms. The zero-order chi connectivity index (χ0) is 16.3. The summed E-state index contributed by atoms with van der Waals surface area (Å²) >= 11 is 1.79. The molecule has 0 amide bonds. The largest absolute Gasteiger partial charge is 0.276 e. The van der Waals surface area contributed by atoms with Crippen LogP contribution in [0.2, 0.25) is 0 Å². The van der Waals surface area contributed by atoms with Crippen molar-refractivity contribution in [2.45, 2.75) is 29.6 Å². The first kappa shape index (κ1) is 16.1. The molecular formula is C17H18N2O2S2. The van der Waals surface area contributed by atoms with Crippen molar-refractivity contribution in [1.82, 2.24) is 4.83 Å². The molecule has 3 rings (SSSR count). The van der Waals surface area contributed by atoms with Gasteiger partial charge in [0.05, 0.1) is 10.6 Å². The molecule has 0 saturated heterocycles. The Morgan fingerprint density at radius 2 is 1.83 bits per heavy atom. The smallest absolute Gasteiger partial charge is 0.200 e. The molecule has 1 heterocycles. The first-order valence-electron chi connectivity index (χ1n) is 7.43. The van der Waals surface area contributed by atoms with Crippen LogP contribution in [-0.4, -0.2) is 19.9 Å². The van der Waals surface area contributed by atoms with Crippen molar-refractivity contribution >= 4 is 27.5 Å². The van der Waals surface area contributed by atoms with Gasteiger partial charge in [-0.3, -0.25) is 0 Å². The minimum atomic E-state index is -3.64. The number of nitrogens with one attached hydrogen (secondary N) is 1. The normalized spacial score (nSPS) is 16.7. The van der Waals surface area contributed by atoms with E-state index in [1.54, 1.807) is 36.0 Å². The van der Waals surface area contributed by atoms with Gasteiger partial charge in [0, 0.05) is 10.5 Å². The second-order valence-corrected chi connectivity index (χ2v) is 8.21. The van der Waals surface area contributed by atoms with Crippen LogP contribution in [0.3, 0.4) is 0 Å². The number of hydrazone groups is 1. The summed E-state index contributed by atoms with van der Waals surface area (Å²) in [6.45, 7) is 1.92. The van der Waals surface area contributed by atoms with E-state index in [9.17, 15) is 8.42 Å². The molecule has 1 N–H and O–H groups in total. The van der Waals surface area contributed by atoms with E-state index in [0.29, 0.717) is 0 Å². The lowest BCUT2D eigenvalue weighted by molar-refractivity contribution is 0.584. The van der Waals surface area contributed by atoms with Crippen molar-refractivity contribution in [3.63, 3.8) is 0 Å². The summed E-state index contributed by atoms with van der Waals surface area (Å²) < 4.78 is 24.7. The fourth-order valence-electron chi connectivity index (χ4n) is 2.39. The third-order valence-corrected chi connectivity index (χ3v) is 6.03. The quantitative estimate of drug-likeness (QED) is 0.865. The van der Waals surface area contributed by atoms with Crippen molar-refractivity contribution in [2.24, 2.45) is 5.10 Å². The Morgan fingerprint density at radius 1 is 1.09 bits per heavy atom. The van der Waals surface area contributed by atoms with E-state index in [2.05, 4.69) is 16.0 Å². The van der Waals surface area contributed by atoms with Gasteiger partial charge in [0.2, 0.25) is 0 Å². The molecule has 23 heavy (non-hydrogen) atoms. The maximum absolute atomic E-state index is 12.4. The predicted molar refractivity (Wildman–Crippen MR) is 94.4 cm³/mol. The van der Waals surface area contributed by atoms with Crippen LogP contribution in [0.4, 0.5) is 0 Å². The van der Waals surface area contributed by atoms with Crippen LogP contribution in [0.15, 0.2) is 63.4 Å². The van der Waals surface area contributed by atoms with Gasteiger partial charge in [0.25, 0.3) is 10.0 Å². The first-order chi connectivity index (χ1) is 11.1. The van der Waals surface area contributed by atoms with Crippen LogP contribution in [0, 0.1) is 6.92 Å². The third kappa shape index (κ3) is 3.76. The lowest BCUT2D eigenvalue weighted by atomic mass is 10.1. The standard InChI is InChI=1S/C17H18N2O2S2/c1-13-8-10-14(11-9-13)23(20,21)19-18-16-6-4-12-22-17-7-3-2-5-15(16)17/h2-3,5,7-11,19H,4,6,12H2,1H3. The van der Waals surface area contributed by atoms with Crippen LogP contribution in [0.1, 0.15) is 24.0 Å². The summed E-state index contributed by atoms with van der Waals surface area (Å²) in [7, 11) is -3.64. The molecule has 0 aromatic heterocycles. The molecule has 0 unspecified atom stereocenters. The molecular weight excluding hydrogens is 328 g/mol. The zero-order valence-electron chi connectivity index (χ0n) is 12.8. The maximum Gasteiger partial charge on any atom is 0.276 e. The number of nitrogens with zero attached hydrogens (tertiary/aromatic N) is 1. The van der Waals surface area contributed by atoms with Crippen LogP contribution in [0.5, 0.6) is 0 Å². The molecule has 2 aromatic rings. The first-order valence-corrected chi connectivity index (χ1v) is 9.90. The van der Waals surface area contributed by atoms with E-state index in [-0.39, 0.29) is 4.90 Å². The van der Waals surface area contributed by atoms with Crippen molar-refractivity contribution in [2.75, 3.05) is 5.75 Å². The molecule has 0 spiro atoms. The van der Waals surface area contributed by atoms with Gasteiger partial charge in [-0.25, -0.2) is 0 Å². The van der Waals surface area contributed by atoms with Crippen molar-refractivity contribution in [1.29, 1.82) is 0 Å². The summed E-state index contributed by atoms with van der Waals surface area (Å²) in [6.07, 6.45) is 1.74. The number of hydrogen-bond donors (Lipinski definition) is 1. The number of aryl methyl sites for hydroxylation is 1. The highest BCUT2D eigenvalue weighted by atomic mass is 32.2. The summed E-state index contributed by atoms with van der Waals surface area (Å²) in [6, 6.07) is 14.7. The lowest BCUT2D eigenvalue weighted by Gasteiger charge is -2.09. The van der Waals surface area contributed by atoms with Gasteiger partial charge in [-0.05, 0) is 43.7 Å². The van der Waals surface area contributed by atoms with Crippen molar-refractivity contribution < 1.29 is 8.42 Å². The Hall–Kier alpha value is -1.79. The van der Waals surface area contributed by atoms with E-state index >= 15 is 0 Å². The molecule has 2 aromatic carbocycles. The molecule has 0 fully saturated rings. The molecule has 6 heteroatoms. The van der Waals surface area contributed by atoms with Crippen LogP contribution in [-0.2, 0) is 10.0 Å². The van der Waals surface area contributed by atoms with Crippen molar-refractivity contribution in [3.8, 4) is 0 Å². The Labute approximate surface area is 141 Å². The van der Waals surface area contributed by atoms with Gasteiger partial charge in [0.1, 0.15) is 0 Å². The minimum absolute atomic E-state index is 0.226. The average Bonchev–Trinajstić information content (AvgIpc) is 2.76. The molecule has 4 nitrogen and oxygen atoms in total. The monoisotopic (exact) mass is 346 g/mol. The third-order valence-electron chi connectivity index (χ3n) is 3.65. The lowest BCUT2D eigenvalue weighted by Crippen LogP contribution is -2.20. The summed E-state index contributed by atoms with van der Waals surface area (Å²) in [4.78, 5) is 3.76. The summed E-state index contributed by atoms with van der Waals surface area (Å²) in [5, 5.41) is 4.22. The number of thioether (sulfide) groups is 1. The van der Waals surface area contributed by atoms with Crippen molar-refractivity contribution in [3.05, 3.63) is 59.7 Å². The molecule has 0 aliphatic carbocycles. The van der Waals surface area contributed by atoms with E-state index in [4.69, 9.17) is 0 Å². The van der Waals surface area contributed by atoms with Crippen LogP contribution in [0.25, 0.3) is 0 Å². The second-order valence-electron chi connectivity index (χ2n) is 5.41. The molecule has 1 aliphatic rings. The summed E-state index contributed by atoms with van der Waals surface area (Å²) in [5.74, 6) is 1.01. The Morgan fingerprint density at radius 3 is 2.61 bits per heavy atom. The Bertz CT molecular complexity index is 828. The molecule has 0 radical (unpaired) electrons. The van der Waals surface area contributed by atoms with E-state index in [0.717, 1.165) is 40.3 Å². The highest BCUT2D eigenvalue weighted by Gasteiger charge is 2.16. The number of benzene rings is 2. The SMILES string of the molecule is Cc1ccc(S(=O)(=O)NN=C2CCCSc3ccccc32)cc1. The number of hydrogen-bond acceptors (Lipinski definition) is 4. The number of sulfonamides is 1. The molecule has 120 valence electrons. The highest BCUT2D eigenvalue weighted by Crippen LogP contribution is 2.29. The van der Waals surface area contributed by atoms with E-state index in [1.807, 2.05) is 25.1 Å². The molecule has 0 atom stereocenters. The van der Waals surface area contributed by atoms with E-state index < -0.39 is 10.0 Å². The Kier molecular flexibility index (Phi) is 4.73. The van der Waals surface area contributed by atoms with Crippen LogP contribution < -0.4 is 4.83 Å². The van der Waals surface area contributed by atoms with Crippen LogP contribution >= 0.6 is 11.8 Å². The van der Waals surface area contributed by atoms with Gasteiger partial charge in [-0.1, -0.05) is 35.9 Å². The fraction of sp³-hybridized carbons (Fsp3) is 0.235. The second kappa shape index (κ2) is 6.76. The minimum Gasteiger partial charge on any atom is -0.200 e. The molecule has 0 saturated carbocycles. The number of rotatable bonds is 3. The topological polar surface area (TPSA) is 58.5 Å². The highest BCUT2D eigenvalue weighted by molar-refractivity contribution is 7.99. The predicted octanol–water partition coefficient (Wildman–Crippen LogP) is 3.56. The molecule has 1 aliphatic heterocycles. The van der Waals surface area contributed by atoms with Gasteiger partial charge < -0.3 is 0 Å². The zero-order valence-corrected chi connectivity index (χ0v) is 14.5.